The normalized spacial score (nSPS) is 23.2. The highest BCUT2D eigenvalue weighted by molar-refractivity contribution is 5.83. The molecule has 4 heteroatoms. The third-order valence-corrected chi connectivity index (χ3v) is 5.38. The number of aliphatic hydroxyl groups is 1. The Labute approximate surface area is 152 Å². The Balaban J connectivity index is 2.30. The Morgan fingerprint density at radius 1 is 1.28 bits per heavy atom. The highest BCUT2D eigenvalue weighted by atomic mass is 16.4. The van der Waals surface area contributed by atoms with Gasteiger partial charge in [0.2, 0.25) is 0 Å². The Kier molecular flexibility index (Phi) is 10.7. The molecule has 0 aromatic rings. The molecule has 0 radical (unpaired) electrons. The van der Waals surface area contributed by atoms with Crippen molar-refractivity contribution in [1.82, 2.24) is 0 Å². The third-order valence-electron chi connectivity index (χ3n) is 5.38. The summed E-state index contributed by atoms with van der Waals surface area (Å²) >= 11 is 0. The molecular weight excluding hydrogens is 316 g/mol. The Morgan fingerprint density at radius 2 is 2.04 bits per heavy atom. The van der Waals surface area contributed by atoms with Crippen LogP contribution in [0.2, 0.25) is 0 Å². The number of carboxylic acids is 1. The standard InChI is InChI=1S/C21H36O4/c1-3-4-5-6-7-8-11-17-13-14-19(22)18(17)12-9-10-16(2)15-20(23)21(24)25/h8,11,16-18,20,23H,3-7,9-10,12-15H2,1-2H3,(H,24,25)/t16?,17-,18+,20?/m0/s1. The summed E-state index contributed by atoms with van der Waals surface area (Å²) in [6.45, 7) is 4.18. The lowest BCUT2D eigenvalue weighted by Gasteiger charge is -2.17. The smallest absolute Gasteiger partial charge is 0.332 e. The van der Waals surface area contributed by atoms with Gasteiger partial charge in [-0.2, -0.15) is 0 Å². The summed E-state index contributed by atoms with van der Waals surface area (Å²) < 4.78 is 0. The summed E-state index contributed by atoms with van der Waals surface area (Å²) in [6.07, 6.45) is 14.1. The van der Waals surface area contributed by atoms with Gasteiger partial charge in [-0.15, -0.1) is 0 Å². The number of allylic oxidation sites excluding steroid dienone is 2. The van der Waals surface area contributed by atoms with E-state index < -0.39 is 12.1 Å². The van der Waals surface area contributed by atoms with Crippen LogP contribution in [0.5, 0.6) is 0 Å². The van der Waals surface area contributed by atoms with E-state index in [9.17, 15) is 14.7 Å². The van der Waals surface area contributed by atoms with Crippen LogP contribution in [0.25, 0.3) is 0 Å². The fourth-order valence-corrected chi connectivity index (χ4v) is 3.79. The first kappa shape index (κ1) is 21.9. The second kappa shape index (κ2) is 12.2. The van der Waals surface area contributed by atoms with Gasteiger partial charge in [0.1, 0.15) is 5.78 Å². The minimum absolute atomic E-state index is 0.142. The molecule has 1 saturated carbocycles. The molecule has 0 saturated heterocycles. The van der Waals surface area contributed by atoms with E-state index in [0.717, 1.165) is 32.1 Å². The lowest BCUT2D eigenvalue weighted by atomic mass is 9.87. The number of carbonyl (C=O) groups excluding carboxylic acids is 1. The van der Waals surface area contributed by atoms with Crippen molar-refractivity contribution >= 4 is 11.8 Å². The highest BCUT2D eigenvalue weighted by Gasteiger charge is 2.32. The van der Waals surface area contributed by atoms with Crippen molar-refractivity contribution in [2.45, 2.75) is 90.6 Å². The molecule has 4 nitrogen and oxygen atoms in total. The Morgan fingerprint density at radius 3 is 2.72 bits per heavy atom. The molecule has 25 heavy (non-hydrogen) atoms. The number of carbonyl (C=O) groups is 2. The van der Waals surface area contributed by atoms with Gasteiger partial charge in [-0.1, -0.05) is 58.1 Å². The van der Waals surface area contributed by atoms with Gasteiger partial charge in [0.05, 0.1) is 0 Å². The summed E-state index contributed by atoms with van der Waals surface area (Å²) in [7, 11) is 0. The minimum Gasteiger partial charge on any atom is -0.479 e. The van der Waals surface area contributed by atoms with E-state index in [4.69, 9.17) is 5.11 Å². The Hall–Kier alpha value is -1.16. The number of carboxylic acid groups (broad SMARTS) is 1. The van der Waals surface area contributed by atoms with Crippen LogP contribution in [0.3, 0.4) is 0 Å². The number of hydrogen-bond acceptors (Lipinski definition) is 3. The zero-order chi connectivity index (χ0) is 18.7. The van der Waals surface area contributed by atoms with Gasteiger partial charge >= 0.3 is 5.97 Å². The first-order chi connectivity index (χ1) is 12.0. The van der Waals surface area contributed by atoms with E-state index in [1.54, 1.807) is 0 Å². The largest absolute Gasteiger partial charge is 0.479 e. The van der Waals surface area contributed by atoms with Gasteiger partial charge in [0, 0.05) is 12.3 Å². The molecule has 1 rings (SSSR count). The molecule has 0 aromatic heterocycles. The first-order valence-corrected chi connectivity index (χ1v) is 10.1. The van der Waals surface area contributed by atoms with Crippen LogP contribution in [0.15, 0.2) is 12.2 Å². The summed E-state index contributed by atoms with van der Waals surface area (Å²) in [5, 5.41) is 18.2. The van der Waals surface area contributed by atoms with E-state index in [1.165, 1.54) is 25.7 Å². The molecular formula is C21H36O4. The number of rotatable bonds is 13. The predicted octanol–water partition coefficient (Wildman–Crippen LogP) is 4.75. The van der Waals surface area contributed by atoms with Gasteiger partial charge in [-0.05, 0) is 43.9 Å². The fraction of sp³-hybridized carbons (Fsp3) is 0.810. The Bertz CT molecular complexity index is 430. The summed E-state index contributed by atoms with van der Waals surface area (Å²) in [5.41, 5.74) is 0. The number of unbranched alkanes of at least 4 members (excludes halogenated alkanes) is 4. The molecule has 1 aliphatic rings. The number of hydrogen-bond donors (Lipinski definition) is 2. The van der Waals surface area contributed by atoms with E-state index in [2.05, 4.69) is 19.1 Å². The van der Waals surface area contributed by atoms with Crippen molar-refractivity contribution < 1.29 is 19.8 Å². The molecule has 0 bridgehead atoms. The molecule has 0 spiro atoms. The van der Waals surface area contributed by atoms with Crippen molar-refractivity contribution in [2.24, 2.45) is 17.8 Å². The van der Waals surface area contributed by atoms with Crippen LogP contribution < -0.4 is 0 Å². The average molecular weight is 353 g/mol. The van der Waals surface area contributed by atoms with Crippen LogP contribution in [0.1, 0.15) is 84.5 Å². The second-order valence-electron chi connectivity index (χ2n) is 7.68. The maximum Gasteiger partial charge on any atom is 0.332 e. The predicted molar refractivity (Wildman–Crippen MR) is 100 cm³/mol. The molecule has 1 aliphatic carbocycles. The number of Topliss-reactive ketones (excluding diaryl/α,β-unsaturated/α-hetero) is 1. The molecule has 1 fully saturated rings. The number of ketones is 1. The quantitative estimate of drug-likeness (QED) is 0.370. The van der Waals surface area contributed by atoms with Crippen molar-refractivity contribution in [3.8, 4) is 0 Å². The van der Waals surface area contributed by atoms with Gasteiger partial charge < -0.3 is 10.2 Å². The first-order valence-electron chi connectivity index (χ1n) is 10.1. The fourth-order valence-electron chi connectivity index (χ4n) is 3.79. The highest BCUT2D eigenvalue weighted by Crippen LogP contribution is 2.34. The minimum atomic E-state index is -1.27. The molecule has 0 aliphatic heterocycles. The lowest BCUT2D eigenvalue weighted by Crippen LogP contribution is -2.22. The van der Waals surface area contributed by atoms with Crippen LogP contribution >= 0.6 is 0 Å². The average Bonchev–Trinajstić information content (AvgIpc) is 2.91. The molecule has 0 amide bonds. The van der Waals surface area contributed by atoms with Crippen molar-refractivity contribution in [3.63, 3.8) is 0 Å². The SMILES string of the molecule is CCCCCCC=C[C@H]1CCC(=O)[C@@H]1CCCC(C)CC(O)C(=O)O. The maximum atomic E-state index is 12.1. The topological polar surface area (TPSA) is 74.6 Å². The zero-order valence-corrected chi connectivity index (χ0v) is 16.0. The van der Waals surface area contributed by atoms with Gasteiger partial charge in [-0.25, -0.2) is 4.79 Å². The molecule has 0 aromatic carbocycles. The molecule has 144 valence electrons. The van der Waals surface area contributed by atoms with E-state index in [1.807, 2.05) is 6.92 Å². The second-order valence-corrected chi connectivity index (χ2v) is 7.68. The van der Waals surface area contributed by atoms with E-state index >= 15 is 0 Å². The van der Waals surface area contributed by atoms with Gasteiger partial charge in [0.15, 0.2) is 6.10 Å². The van der Waals surface area contributed by atoms with Crippen molar-refractivity contribution in [3.05, 3.63) is 12.2 Å². The maximum absolute atomic E-state index is 12.1. The monoisotopic (exact) mass is 352 g/mol. The third kappa shape index (κ3) is 8.66. The molecule has 2 N–H and O–H groups in total. The summed E-state index contributed by atoms with van der Waals surface area (Å²) in [6, 6.07) is 0. The van der Waals surface area contributed by atoms with Gasteiger partial charge in [-0.3, -0.25) is 4.79 Å². The van der Waals surface area contributed by atoms with Crippen LogP contribution in [0.4, 0.5) is 0 Å². The number of aliphatic hydroxyl groups excluding tert-OH is 1. The zero-order valence-electron chi connectivity index (χ0n) is 16.0. The van der Waals surface area contributed by atoms with Crippen LogP contribution in [-0.4, -0.2) is 28.1 Å². The molecule has 2 unspecified atom stereocenters. The van der Waals surface area contributed by atoms with Crippen molar-refractivity contribution in [2.75, 3.05) is 0 Å². The van der Waals surface area contributed by atoms with Crippen LogP contribution in [-0.2, 0) is 9.59 Å². The summed E-state index contributed by atoms with van der Waals surface area (Å²) in [5.74, 6) is -0.0712. The number of aliphatic carboxylic acids is 1. The lowest BCUT2D eigenvalue weighted by molar-refractivity contribution is -0.147. The summed E-state index contributed by atoms with van der Waals surface area (Å²) in [4.78, 5) is 22.8. The molecule has 0 heterocycles. The van der Waals surface area contributed by atoms with E-state index in [-0.39, 0.29) is 18.3 Å². The molecule has 4 atom stereocenters. The van der Waals surface area contributed by atoms with Crippen LogP contribution in [0, 0.1) is 17.8 Å². The van der Waals surface area contributed by atoms with Gasteiger partial charge in [0.25, 0.3) is 0 Å². The van der Waals surface area contributed by atoms with E-state index in [0.29, 0.717) is 18.1 Å². The van der Waals surface area contributed by atoms with Crippen molar-refractivity contribution in [1.29, 1.82) is 0 Å².